The summed E-state index contributed by atoms with van der Waals surface area (Å²) < 4.78 is 10.5. The van der Waals surface area contributed by atoms with Crippen molar-refractivity contribution in [2.75, 3.05) is 20.8 Å². The minimum absolute atomic E-state index is 0.552. The first-order valence-corrected chi connectivity index (χ1v) is 6.08. The van der Waals surface area contributed by atoms with E-state index in [-0.39, 0.29) is 0 Å². The van der Waals surface area contributed by atoms with E-state index < -0.39 is 0 Å². The Labute approximate surface area is 103 Å². The van der Waals surface area contributed by atoms with Crippen LogP contribution in [-0.4, -0.2) is 20.8 Å². The van der Waals surface area contributed by atoms with Crippen LogP contribution >= 0.6 is 0 Å². The number of methoxy groups -OCH3 is 2. The molecule has 0 heterocycles. The van der Waals surface area contributed by atoms with E-state index in [4.69, 9.17) is 9.47 Å². The van der Waals surface area contributed by atoms with Crippen molar-refractivity contribution in [1.82, 2.24) is 5.32 Å². The molecule has 3 heteroatoms. The number of nitrogens with one attached hydrogen (secondary N) is 1. The Morgan fingerprint density at radius 2 is 1.88 bits per heavy atom. The molecule has 1 N–H and O–H groups in total. The maximum atomic E-state index is 5.28. The van der Waals surface area contributed by atoms with Crippen molar-refractivity contribution in [3.05, 3.63) is 23.8 Å². The van der Waals surface area contributed by atoms with Gasteiger partial charge in [0.15, 0.2) is 11.5 Å². The Morgan fingerprint density at radius 1 is 1.18 bits per heavy atom. The zero-order valence-corrected chi connectivity index (χ0v) is 10.9. The SMILES string of the molecule is COc1ccc(CNCC2(C)CC2)cc1OC. The van der Waals surface area contributed by atoms with Gasteiger partial charge >= 0.3 is 0 Å². The van der Waals surface area contributed by atoms with Crippen LogP contribution in [0.4, 0.5) is 0 Å². The average Bonchev–Trinajstić information content (AvgIpc) is 3.07. The summed E-state index contributed by atoms with van der Waals surface area (Å²) in [7, 11) is 3.32. The van der Waals surface area contributed by atoms with Gasteiger partial charge in [0, 0.05) is 13.1 Å². The van der Waals surface area contributed by atoms with Crippen molar-refractivity contribution in [3.8, 4) is 11.5 Å². The van der Waals surface area contributed by atoms with E-state index in [1.54, 1.807) is 14.2 Å². The van der Waals surface area contributed by atoms with Crippen LogP contribution in [0, 0.1) is 5.41 Å². The number of benzene rings is 1. The lowest BCUT2D eigenvalue weighted by Crippen LogP contribution is -2.21. The third-order valence-corrected chi connectivity index (χ3v) is 3.43. The van der Waals surface area contributed by atoms with Crippen molar-refractivity contribution in [3.63, 3.8) is 0 Å². The van der Waals surface area contributed by atoms with Crippen LogP contribution in [0.1, 0.15) is 25.3 Å². The van der Waals surface area contributed by atoms with Crippen molar-refractivity contribution < 1.29 is 9.47 Å². The molecule has 94 valence electrons. The summed E-state index contributed by atoms with van der Waals surface area (Å²) in [5.41, 5.74) is 1.78. The van der Waals surface area contributed by atoms with Crippen LogP contribution < -0.4 is 14.8 Å². The molecule has 0 aromatic heterocycles. The lowest BCUT2D eigenvalue weighted by atomic mass is 10.1. The van der Waals surface area contributed by atoms with Gasteiger partial charge in [-0.05, 0) is 36.0 Å². The molecule has 0 atom stereocenters. The van der Waals surface area contributed by atoms with Crippen LogP contribution in [0.25, 0.3) is 0 Å². The standard InChI is InChI=1S/C14H21NO2/c1-14(6-7-14)10-15-9-11-4-5-12(16-2)13(8-11)17-3/h4-5,8,15H,6-7,9-10H2,1-3H3. The van der Waals surface area contributed by atoms with Gasteiger partial charge < -0.3 is 14.8 Å². The summed E-state index contributed by atoms with van der Waals surface area (Å²) in [6.45, 7) is 4.31. The van der Waals surface area contributed by atoms with Gasteiger partial charge in [-0.2, -0.15) is 0 Å². The largest absolute Gasteiger partial charge is 0.493 e. The second kappa shape index (κ2) is 4.96. The lowest BCUT2D eigenvalue weighted by molar-refractivity contribution is 0.354. The molecule has 3 nitrogen and oxygen atoms in total. The molecular formula is C14H21NO2. The van der Waals surface area contributed by atoms with Crippen molar-refractivity contribution >= 4 is 0 Å². The van der Waals surface area contributed by atoms with Gasteiger partial charge in [-0.3, -0.25) is 0 Å². The first-order valence-electron chi connectivity index (χ1n) is 6.08. The van der Waals surface area contributed by atoms with E-state index in [1.807, 2.05) is 12.1 Å². The molecule has 17 heavy (non-hydrogen) atoms. The van der Waals surface area contributed by atoms with Gasteiger partial charge in [0.05, 0.1) is 14.2 Å². The fourth-order valence-electron chi connectivity index (χ4n) is 1.89. The minimum atomic E-state index is 0.552. The van der Waals surface area contributed by atoms with E-state index in [9.17, 15) is 0 Å². The number of hydrogen-bond donors (Lipinski definition) is 1. The first-order chi connectivity index (χ1) is 8.17. The highest BCUT2D eigenvalue weighted by molar-refractivity contribution is 5.42. The number of rotatable bonds is 6. The summed E-state index contributed by atoms with van der Waals surface area (Å²) >= 11 is 0. The summed E-state index contributed by atoms with van der Waals surface area (Å²) in [5.74, 6) is 1.58. The topological polar surface area (TPSA) is 30.5 Å². The van der Waals surface area contributed by atoms with Crippen molar-refractivity contribution in [2.45, 2.75) is 26.3 Å². The molecule has 1 saturated carbocycles. The molecule has 0 unspecified atom stereocenters. The highest BCUT2D eigenvalue weighted by atomic mass is 16.5. The summed E-state index contributed by atoms with van der Waals surface area (Å²) in [6, 6.07) is 6.05. The molecule has 1 fully saturated rings. The highest BCUT2D eigenvalue weighted by Crippen LogP contribution is 2.44. The fraction of sp³-hybridized carbons (Fsp3) is 0.571. The second-order valence-electron chi connectivity index (χ2n) is 5.10. The zero-order chi connectivity index (χ0) is 12.3. The van der Waals surface area contributed by atoms with Crippen LogP contribution in [0.3, 0.4) is 0 Å². The molecular weight excluding hydrogens is 214 g/mol. The van der Waals surface area contributed by atoms with Gasteiger partial charge in [-0.15, -0.1) is 0 Å². The van der Waals surface area contributed by atoms with Gasteiger partial charge in [0.1, 0.15) is 0 Å². The first kappa shape index (κ1) is 12.2. The molecule has 1 aromatic carbocycles. The molecule has 2 rings (SSSR count). The third kappa shape index (κ3) is 3.13. The Hall–Kier alpha value is -1.22. The third-order valence-electron chi connectivity index (χ3n) is 3.43. The monoisotopic (exact) mass is 235 g/mol. The molecule has 0 radical (unpaired) electrons. The van der Waals surface area contributed by atoms with E-state index in [0.717, 1.165) is 24.6 Å². The second-order valence-corrected chi connectivity index (χ2v) is 5.10. The normalized spacial score (nSPS) is 16.6. The van der Waals surface area contributed by atoms with Crippen LogP contribution in [0.2, 0.25) is 0 Å². The molecule has 0 spiro atoms. The highest BCUT2D eigenvalue weighted by Gasteiger charge is 2.36. The summed E-state index contributed by atoms with van der Waals surface area (Å²) in [6.07, 6.45) is 2.71. The number of ether oxygens (including phenoxy) is 2. The van der Waals surface area contributed by atoms with Crippen LogP contribution in [0.5, 0.6) is 11.5 Å². The van der Waals surface area contributed by atoms with Crippen LogP contribution in [-0.2, 0) is 6.54 Å². The zero-order valence-electron chi connectivity index (χ0n) is 10.9. The molecule has 0 bridgehead atoms. The predicted molar refractivity (Wildman–Crippen MR) is 68.6 cm³/mol. The van der Waals surface area contributed by atoms with E-state index in [2.05, 4.69) is 18.3 Å². The van der Waals surface area contributed by atoms with Gasteiger partial charge in [-0.25, -0.2) is 0 Å². The maximum absolute atomic E-state index is 5.28. The van der Waals surface area contributed by atoms with E-state index in [1.165, 1.54) is 18.4 Å². The molecule has 0 saturated heterocycles. The number of hydrogen-bond acceptors (Lipinski definition) is 3. The van der Waals surface area contributed by atoms with E-state index in [0.29, 0.717) is 5.41 Å². The Morgan fingerprint density at radius 3 is 2.47 bits per heavy atom. The van der Waals surface area contributed by atoms with Crippen LogP contribution in [0.15, 0.2) is 18.2 Å². The van der Waals surface area contributed by atoms with Gasteiger partial charge in [-0.1, -0.05) is 13.0 Å². The summed E-state index contributed by atoms with van der Waals surface area (Å²) in [5, 5.41) is 3.50. The fourth-order valence-corrected chi connectivity index (χ4v) is 1.89. The Balaban J connectivity index is 1.91. The average molecular weight is 235 g/mol. The van der Waals surface area contributed by atoms with Gasteiger partial charge in [0.25, 0.3) is 0 Å². The Kier molecular flexibility index (Phi) is 3.57. The van der Waals surface area contributed by atoms with E-state index >= 15 is 0 Å². The van der Waals surface area contributed by atoms with Crippen molar-refractivity contribution in [2.24, 2.45) is 5.41 Å². The predicted octanol–water partition coefficient (Wildman–Crippen LogP) is 2.59. The van der Waals surface area contributed by atoms with Gasteiger partial charge in [0.2, 0.25) is 0 Å². The molecule has 0 amide bonds. The molecule has 1 aliphatic carbocycles. The molecule has 1 aliphatic rings. The molecule has 0 aliphatic heterocycles. The quantitative estimate of drug-likeness (QED) is 0.822. The smallest absolute Gasteiger partial charge is 0.161 e. The molecule has 1 aromatic rings. The minimum Gasteiger partial charge on any atom is -0.493 e. The summed E-state index contributed by atoms with van der Waals surface area (Å²) in [4.78, 5) is 0. The maximum Gasteiger partial charge on any atom is 0.161 e. The lowest BCUT2D eigenvalue weighted by Gasteiger charge is -2.12. The Bertz CT molecular complexity index is 386. The van der Waals surface area contributed by atoms with Crippen molar-refractivity contribution in [1.29, 1.82) is 0 Å².